The van der Waals surface area contributed by atoms with Crippen LogP contribution in [-0.2, 0) is 4.74 Å². The quantitative estimate of drug-likeness (QED) is 0.648. The van der Waals surface area contributed by atoms with Crippen LogP contribution < -0.4 is 5.32 Å². The molecule has 5 heteroatoms. The lowest BCUT2D eigenvalue weighted by Gasteiger charge is -2.09. The van der Waals surface area contributed by atoms with Gasteiger partial charge in [-0.2, -0.15) is 0 Å². The Bertz CT molecular complexity index is 446. The maximum absolute atomic E-state index is 11.9. The van der Waals surface area contributed by atoms with Crippen LogP contribution in [0.25, 0.3) is 0 Å². The highest BCUT2D eigenvalue weighted by Gasteiger charge is 2.17. The third kappa shape index (κ3) is 3.69. The fourth-order valence-corrected chi connectivity index (χ4v) is 2.23. The highest BCUT2D eigenvalue weighted by Crippen LogP contribution is 2.18. The molecule has 0 unspecified atom stereocenters. The number of ether oxygens (including phenoxy) is 1. The minimum atomic E-state index is -0.396. The second-order valence-electron chi connectivity index (χ2n) is 3.64. The van der Waals surface area contributed by atoms with E-state index in [0.29, 0.717) is 27.8 Å². The van der Waals surface area contributed by atoms with Crippen molar-refractivity contribution in [2.45, 2.75) is 20.3 Å². The average Bonchev–Trinajstić information content (AvgIpc) is 2.36. The third-order valence-corrected chi connectivity index (χ3v) is 3.44. The fourth-order valence-electron chi connectivity index (χ4n) is 1.41. The first-order chi connectivity index (χ1) is 8.61. The Balaban J connectivity index is 2.98. The van der Waals surface area contributed by atoms with Crippen molar-refractivity contribution >= 4 is 34.5 Å². The van der Waals surface area contributed by atoms with Gasteiger partial charge in [0, 0.05) is 10.1 Å². The molecule has 0 saturated carbocycles. The molecule has 18 heavy (non-hydrogen) atoms. The number of nitrogens with one attached hydrogen (secondary N) is 1. The fraction of sp³-hybridized carbons (Fsp3) is 0.385. The molecule has 0 aliphatic rings. The van der Waals surface area contributed by atoms with Gasteiger partial charge in [-0.3, -0.25) is 4.79 Å². The van der Waals surface area contributed by atoms with E-state index in [0.717, 1.165) is 6.42 Å². The summed E-state index contributed by atoms with van der Waals surface area (Å²) >= 11 is 2.00. The van der Waals surface area contributed by atoms with Crippen LogP contribution in [0.1, 0.15) is 41.0 Å². The monoisotopic (exact) mass is 361 g/mol. The molecule has 0 bridgehead atoms. The highest BCUT2D eigenvalue weighted by atomic mass is 127. The molecule has 1 amide bonds. The average molecular weight is 361 g/mol. The van der Waals surface area contributed by atoms with Gasteiger partial charge in [0.25, 0.3) is 5.91 Å². The van der Waals surface area contributed by atoms with Crippen LogP contribution in [0.15, 0.2) is 18.2 Å². The summed E-state index contributed by atoms with van der Waals surface area (Å²) in [6, 6.07) is 5.06. The Morgan fingerprint density at radius 3 is 2.56 bits per heavy atom. The number of rotatable bonds is 5. The number of esters is 1. The molecule has 0 heterocycles. The van der Waals surface area contributed by atoms with E-state index >= 15 is 0 Å². The summed E-state index contributed by atoms with van der Waals surface area (Å²) in [5.74, 6) is -0.556. The summed E-state index contributed by atoms with van der Waals surface area (Å²) < 4.78 is 5.58. The zero-order chi connectivity index (χ0) is 13.5. The Labute approximate surface area is 120 Å². The first kappa shape index (κ1) is 14.9. The Hall–Kier alpha value is -1.11. The second kappa shape index (κ2) is 7.35. The van der Waals surface area contributed by atoms with E-state index in [9.17, 15) is 9.59 Å². The molecule has 1 aromatic carbocycles. The molecule has 1 rings (SSSR count). The van der Waals surface area contributed by atoms with E-state index in [2.05, 4.69) is 5.32 Å². The Morgan fingerprint density at radius 1 is 1.28 bits per heavy atom. The van der Waals surface area contributed by atoms with Gasteiger partial charge in [-0.1, -0.05) is 13.0 Å². The number of amides is 1. The molecule has 0 atom stereocenters. The first-order valence-electron chi connectivity index (χ1n) is 5.85. The largest absolute Gasteiger partial charge is 0.462 e. The number of carbonyl (C=O) groups is 2. The van der Waals surface area contributed by atoms with Gasteiger partial charge in [0.2, 0.25) is 0 Å². The van der Waals surface area contributed by atoms with Crippen LogP contribution in [0.4, 0.5) is 0 Å². The van der Waals surface area contributed by atoms with Crippen molar-refractivity contribution in [1.82, 2.24) is 5.32 Å². The Kier molecular flexibility index (Phi) is 6.11. The lowest BCUT2D eigenvalue weighted by Crippen LogP contribution is -2.25. The number of hydrogen-bond acceptors (Lipinski definition) is 3. The summed E-state index contributed by atoms with van der Waals surface area (Å²) in [5, 5.41) is 2.79. The number of halogens is 1. The molecular formula is C13H16INO3. The highest BCUT2D eigenvalue weighted by molar-refractivity contribution is 14.1. The molecule has 98 valence electrons. The van der Waals surface area contributed by atoms with E-state index in [-0.39, 0.29) is 5.91 Å². The topological polar surface area (TPSA) is 55.4 Å². The van der Waals surface area contributed by atoms with Crippen LogP contribution in [0.2, 0.25) is 0 Å². The van der Waals surface area contributed by atoms with Gasteiger partial charge < -0.3 is 10.1 Å². The summed E-state index contributed by atoms with van der Waals surface area (Å²) in [5.41, 5.74) is 0.941. The molecule has 4 nitrogen and oxygen atoms in total. The van der Waals surface area contributed by atoms with Crippen LogP contribution in [0.5, 0.6) is 0 Å². The lowest BCUT2D eigenvalue weighted by molar-refractivity contribution is 0.0525. The number of benzene rings is 1. The zero-order valence-corrected chi connectivity index (χ0v) is 12.6. The number of carbonyl (C=O) groups excluding carboxylic acids is 2. The van der Waals surface area contributed by atoms with E-state index in [1.54, 1.807) is 25.1 Å². The van der Waals surface area contributed by atoms with Gasteiger partial charge in [0.15, 0.2) is 0 Å². The van der Waals surface area contributed by atoms with Crippen LogP contribution >= 0.6 is 22.6 Å². The predicted molar refractivity (Wildman–Crippen MR) is 77.7 cm³/mol. The first-order valence-corrected chi connectivity index (χ1v) is 6.93. The van der Waals surface area contributed by atoms with E-state index in [4.69, 9.17) is 4.74 Å². The van der Waals surface area contributed by atoms with Crippen molar-refractivity contribution in [3.8, 4) is 0 Å². The van der Waals surface area contributed by atoms with E-state index < -0.39 is 5.97 Å². The summed E-state index contributed by atoms with van der Waals surface area (Å²) in [4.78, 5) is 23.6. The maximum atomic E-state index is 11.9. The van der Waals surface area contributed by atoms with Gasteiger partial charge in [-0.25, -0.2) is 4.79 Å². The lowest BCUT2D eigenvalue weighted by atomic mass is 10.1. The van der Waals surface area contributed by atoms with E-state index in [1.165, 1.54) is 0 Å². The van der Waals surface area contributed by atoms with E-state index in [1.807, 2.05) is 29.5 Å². The SMILES string of the molecule is CCCNC(=O)c1cccc(C(=O)OCC)c1I. The molecule has 0 aliphatic heterocycles. The van der Waals surface area contributed by atoms with Crippen molar-refractivity contribution in [1.29, 1.82) is 0 Å². The zero-order valence-electron chi connectivity index (χ0n) is 10.5. The Morgan fingerprint density at radius 2 is 1.94 bits per heavy atom. The van der Waals surface area contributed by atoms with Gasteiger partial charge in [-0.15, -0.1) is 0 Å². The van der Waals surface area contributed by atoms with Crippen molar-refractivity contribution in [3.05, 3.63) is 32.9 Å². The molecule has 0 saturated heterocycles. The number of hydrogen-bond donors (Lipinski definition) is 1. The molecule has 0 spiro atoms. The molecular weight excluding hydrogens is 345 g/mol. The van der Waals surface area contributed by atoms with Gasteiger partial charge in [-0.05, 0) is 48.1 Å². The van der Waals surface area contributed by atoms with Crippen molar-refractivity contribution in [2.24, 2.45) is 0 Å². The van der Waals surface area contributed by atoms with Crippen LogP contribution in [0, 0.1) is 3.57 Å². The summed E-state index contributed by atoms with van der Waals surface area (Å²) in [7, 11) is 0. The van der Waals surface area contributed by atoms with Gasteiger partial charge in [0.1, 0.15) is 0 Å². The predicted octanol–water partition coefficient (Wildman–Crippen LogP) is 2.61. The van der Waals surface area contributed by atoms with Gasteiger partial charge >= 0.3 is 5.97 Å². The normalized spacial score (nSPS) is 9.94. The third-order valence-electron chi connectivity index (χ3n) is 2.27. The molecule has 1 aromatic rings. The van der Waals surface area contributed by atoms with Crippen molar-refractivity contribution in [3.63, 3.8) is 0 Å². The minimum absolute atomic E-state index is 0.160. The maximum Gasteiger partial charge on any atom is 0.339 e. The standard InChI is InChI=1S/C13H16INO3/c1-3-8-15-12(16)9-6-5-7-10(11(9)14)13(17)18-4-2/h5-7H,3-4,8H2,1-2H3,(H,15,16). The van der Waals surface area contributed by atoms with Crippen LogP contribution in [0.3, 0.4) is 0 Å². The molecule has 0 radical (unpaired) electrons. The second-order valence-corrected chi connectivity index (χ2v) is 4.72. The summed E-state index contributed by atoms with van der Waals surface area (Å²) in [6.45, 7) is 4.68. The summed E-state index contributed by atoms with van der Waals surface area (Å²) in [6.07, 6.45) is 0.875. The van der Waals surface area contributed by atoms with Crippen molar-refractivity contribution in [2.75, 3.05) is 13.2 Å². The van der Waals surface area contributed by atoms with Gasteiger partial charge in [0.05, 0.1) is 17.7 Å². The molecule has 0 fully saturated rings. The smallest absolute Gasteiger partial charge is 0.339 e. The molecule has 1 N–H and O–H groups in total. The molecule has 0 aliphatic carbocycles. The minimum Gasteiger partial charge on any atom is -0.462 e. The van der Waals surface area contributed by atoms with Crippen LogP contribution in [-0.4, -0.2) is 25.0 Å². The van der Waals surface area contributed by atoms with Crippen molar-refractivity contribution < 1.29 is 14.3 Å². The molecule has 0 aromatic heterocycles.